The van der Waals surface area contributed by atoms with Gasteiger partial charge in [0, 0.05) is 5.56 Å². The Bertz CT molecular complexity index is 298. The average molecular weight is 212 g/mol. The van der Waals surface area contributed by atoms with Crippen molar-refractivity contribution in [1.29, 1.82) is 0 Å². The summed E-state index contributed by atoms with van der Waals surface area (Å²) in [5, 5.41) is 27.2. The van der Waals surface area contributed by atoms with Gasteiger partial charge in [0.05, 0.1) is 12.7 Å². The number of hydrogen-bond acceptors (Lipinski definition) is 4. The molecule has 2 atom stereocenters. The summed E-state index contributed by atoms with van der Waals surface area (Å²) in [6, 6.07) is 7.06. The Balaban J connectivity index is 2.67. The van der Waals surface area contributed by atoms with Gasteiger partial charge < -0.3 is 20.1 Å². The number of rotatable bonds is 5. The van der Waals surface area contributed by atoms with Crippen molar-refractivity contribution in [3.05, 3.63) is 29.8 Å². The summed E-state index contributed by atoms with van der Waals surface area (Å²) in [6.45, 7) is 1.32. The highest BCUT2D eigenvalue weighted by molar-refractivity contribution is 5.34. The molecule has 0 saturated carbocycles. The highest BCUT2D eigenvalue weighted by atomic mass is 16.5. The van der Waals surface area contributed by atoms with Crippen molar-refractivity contribution in [1.82, 2.24) is 0 Å². The molecular formula is C11H16O4. The first-order valence-electron chi connectivity index (χ1n) is 4.84. The van der Waals surface area contributed by atoms with Crippen LogP contribution in [0, 0.1) is 0 Å². The molecule has 0 fully saturated rings. The molecule has 0 saturated heterocycles. The molecule has 4 heteroatoms. The van der Waals surface area contributed by atoms with Crippen LogP contribution in [-0.2, 0) is 0 Å². The summed E-state index contributed by atoms with van der Waals surface area (Å²) >= 11 is 0. The third-order valence-corrected chi connectivity index (χ3v) is 2.01. The highest BCUT2D eigenvalue weighted by Crippen LogP contribution is 2.24. The lowest BCUT2D eigenvalue weighted by Gasteiger charge is -2.14. The molecule has 1 aromatic rings. The fourth-order valence-electron chi connectivity index (χ4n) is 1.20. The second-order valence-corrected chi connectivity index (χ2v) is 3.36. The van der Waals surface area contributed by atoms with Crippen molar-refractivity contribution < 1.29 is 20.1 Å². The van der Waals surface area contributed by atoms with Gasteiger partial charge in [0.15, 0.2) is 0 Å². The van der Waals surface area contributed by atoms with Gasteiger partial charge in [-0.3, -0.25) is 0 Å². The van der Waals surface area contributed by atoms with Crippen LogP contribution in [0.5, 0.6) is 5.75 Å². The molecule has 3 N–H and O–H groups in total. The first kappa shape index (κ1) is 12.0. The van der Waals surface area contributed by atoms with E-state index in [0.717, 1.165) is 0 Å². The van der Waals surface area contributed by atoms with Crippen molar-refractivity contribution >= 4 is 0 Å². The van der Waals surface area contributed by atoms with Crippen molar-refractivity contribution in [2.24, 2.45) is 0 Å². The van der Waals surface area contributed by atoms with Crippen LogP contribution in [0.4, 0.5) is 0 Å². The van der Waals surface area contributed by atoms with Gasteiger partial charge in [-0.05, 0) is 13.0 Å². The van der Waals surface area contributed by atoms with Gasteiger partial charge in [-0.15, -0.1) is 0 Å². The monoisotopic (exact) mass is 212 g/mol. The topological polar surface area (TPSA) is 69.9 Å². The molecule has 1 unspecified atom stereocenters. The second-order valence-electron chi connectivity index (χ2n) is 3.36. The van der Waals surface area contributed by atoms with E-state index in [2.05, 4.69) is 0 Å². The van der Waals surface area contributed by atoms with E-state index in [0.29, 0.717) is 11.3 Å². The second kappa shape index (κ2) is 5.70. The fourth-order valence-corrected chi connectivity index (χ4v) is 1.20. The number of aliphatic hydroxyl groups excluding tert-OH is 3. The van der Waals surface area contributed by atoms with Crippen LogP contribution < -0.4 is 4.74 Å². The third-order valence-electron chi connectivity index (χ3n) is 2.01. The standard InChI is InChI=1S/C11H16O4/c1-8(13)10-4-2-3-5-11(10)15-7-9(14)6-12/h2-5,8-9,12-14H,6-7H2,1H3/t8-,9?/m0/s1. The van der Waals surface area contributed by atoms with E-state index in [9.17, 15) is 5.11 Å². The number of benzene rings is 1. The van der Waals surface area contributed by atoms with Crippen molar-refractivity contribution in [3.8, 4) is 5.75 Å². The molecule has 0 radical (unpaired) electrons. The number of para-hydroxylation sites is 1. The number of hydrogen-bond donors (Lipinski definition) is 3. The van der Waals surface area contributed by atoms with Gasteiger partial charge in [0.1, 0.15) is 18.5 Å². The van der Waals surface area contributed by atoms with E-state index in [4.69, 9.17) is 14.9 Å². The molecule has 0 aliphatic carbocycles. The van der Waals surface area contributed by atoms with Crippen LogP contribution >= 0.6 is 0 Å². The predicted molar refractivity (Wildman–Crippen MR) is 55.7 cm³/mol. The Kier molecular flexibility index (Phi) is 4.55. The number of ether oxygens (including phenoxy) is 1. The van der Waals surface area contributed by atoms with E-state index in [-0.39, 0.29) is 13.2 Å². The summed E-state index contributed by atoms with van der Waals surface area (Å²) in [4.78, 5) is 0. The summed E-state index contributed by atoms with van der Waals surface area (Å²) < 4.78 is 5.28. The van der Waals surface area contributed by atoms with Crippen LogP contribution in [0.25, 0.3) is 0 Å². The van der Waals surface area contributed by atoms with Gasteiger partial charge in [0.2, 0.25) is 0 Å². The van der Waals surface area contributed by atoms with E-state index in [1.54, 1.807) is 31.2 Å². The lowest BCUT2D eigenvalue weighted by molar-refractivity contribution is 0.0523. The minimum absolute atomic E-state index is 0.0141. The van der Waals surface area contributed by atoms with Crippen molar-refractivity contribution in [2.75, 3.05) is 13.2 Å². The molecule has 0 aliphatic heterocycles. The molecule has 0 heterocycles. The SMILES string of the molecule is C[C@H](O)c1ccccc1OCC(O)CO. The Labute approximate surface area is 88.8 Å². The molecule has 15 heavy (non-hydrogen) atoms. The maximum atomic E-state index is 9.44. The van der Waals surface area contributed by atoms with Crippen LogP contribution in [0.15, 0.2) is 24.3 Å². The Morgan fingerprint density at radius 1 is 1.27 bits per heavy atom. The minimum atomic E-state index is -0.896. The Hall–Kier alpha value is -1.10. The quantitative estimate of drug-likeness (QED) is 0.663. The normalized spacial score (nSPS) is 14.7. The van der Waals surface area contributed by atoms with Crippen LogP contribution in [0.1, 0.15) is 18.6 Å². The third kappa shape index (κ3) is 3.51. The van der Waals surface area contributed by atoms with E-state index < -0.39 is 12.2 Å². The first-order valence-corrected chi connectivity index (χ1v) is 4.84. The summed E-state index contributed by atoms with van der Waals surface area (Å²) in [7, 11) is 0. The van der Waals surface area contributed by atoms with Crippen LogP contribution in [-0.4, -0.2) is 34.6 Å². The van der Waals surface area contributed by atoms with Crippen molar-refractivity contribution in [2.45, 2.75) is 19.1 Å². The maximum Gasteiger partial charge on any atom is 0.125 e. The molecule has 1 rings (SSSR count). The minimum Gasteiger partial charge on any atom is -0.490 e. The molecule has 84 valence electrons. The fraction of sp³-hybridized carbons (Fsp3) is 0.455. The van der Waals surface area contributed by atoms with E-state index in [1.165, 1.54) is 0 Å². The molecule has 0 bridgehead atoms. The Morgan fingerprint density at radius 2 is 1.93 bits per heavy atom. The average Bonchev–Trinajstić information content (AvgIpc) is 2.26. The summed E-state index contributed by atoms with van der Waals surface area (Å²) in [5.41, 5.74) is 0.669. The van der Waals surface area contributed by atoms with Gasteiger partial charge in [-0.1, -0.05) is 18.2 Å². The zero-order valence-corrected chi connectivity index (χ0v) is 8.63. The molecule has 0 aromatic heterocycles. The Morgan fingerprint density at radius 3 is 2.53 bits per heavy atom. The summed E-state index contributed by atoms with van der Waals surface area (Å²) in [6.07, 6.45) is -1.51. The smallest absolute Gasteiger partial charge is 0.125 e. The largest absolute Gasteiger partial charge is 0.490 e. The van der Waals surface area contributed by atoms with Crippen molar-refractivity contribution in [3.63, 3.8) is 0 Å². The highest BCUT2D eigenvalue weighted by Gasteiger charge is 2.09. The molecular weight excluding hydrogens is 196 g/mol. The molecule has 4 nitrogen and oxygen atoms in total. The lowest BCUT2D eigenvalue weighted by Crippen LogP contribution is -2.21. The van der Waals surface area contributed by atoms with Crippen LogP contribution in [0.3, 0.4) is 0 Å². The molecule has 0 amide bonds. The van der Waals surface area contributed by atoms with Crippen LogP contribution in [0.2, 0.25) is 0 Å². The predicted octanol–water partition coefficient (Wildman–Crippen LogP) is 0.472. The van der Waals surface area contributed by atoms with E-state index in [1.807, 2.05) is 0 Å². The van der Waals surface area contributed by atoms with Gasteiger partial charge >= 0.3 is 0 Å². The van der Waals surface area contributed by atoms with Gasteiger partial charge in [-0.25, -0.2) is 0 Å². The number of aliphatic hydroxyl groups is 3. The summed E-state index contributed by atoms with van der Waals surface area (Å²) in [5.74, 6) is 0.528. The van der Waals surface area contributed by atoms with E-state index >= 15 is 0 Å². The zero-order chi connectivity index (χ0) is 11.3. The van der Waals surface area contributed by atoms with Gasteiger partial charge in [-0.2, -0.15) is 0 Å². The molecule has 0 spiro atoms. The van der Waals surface area contributed by atoms with Gasteiger partial charge in [0.25, 0.3) is 0 Å². The maximum absolute atomic E-state index is 9.44. The molecule has 1 aromatic carbocycles. The zero-order valence-electron chi connectivity index (χ0n) is 8.63. The first-order chi connectivity index (χ1) is 7.15. The molecule has 0 aliphatic rings. The lowest BCUT2D eigenvalue weighted by atomic mass is 10.1.